The topological polar surface area (TPSA) is 75.6 Å². The summed E-state index contributed by atoms with van der Waals surface area (Å²) in [7, 11) is 0. The molecule has 0 atom stereocenters. The van der Waals surface area contributed by atoms with Gasteiger partial charge in [0.25, 0.3) is 5.91 Å². The van der Waals surface area contributed by atoms with Crippen LogP contribution in [0.2, 0.25) is 0 Å². The number of hydrogen-bond donors (Lipinski definition) is 0. The van der Waals surface area contributed by atoms with Crippen molar-refractivity contribution in [3.63, 3.8) is 0 Å². The van der Waals surface area contributed by atoms with Crippen molar-refractivity contribution < 1.29 is 18.7 Å². The molecule has 1 saturated heterocycles. The first kappa shape index (κ1) is 23.1. The zero-order valence-corrected chi connectivity index (χ0v) is 18.9. The van der Waals surface area contributed by atoms with Gasteiger partial charge in [-0.25, -0.2) is 4.39 Å². The number of ether oxygens (including phenoxy) is 1. The van der Waals surface area contributed by atoms with E-state index < -0.39 is 5.82 Å². The average Bonchev–Trinajstić information content (AvgIpc) is 2.86. The van der Waals surface area contributed by atoms with E-state index in [0.29, 0.717) is 50.0 Å². The van der Waals surface area contributed by atoms with Gasteiger partial charge in [-0.1, -0.05) is 32.1 Å². The molecule has 0 radical (unpaired) electrons. The Bertz CT molecular complexity index is 942. The monoisotopic (exact) mass is 454 g/mol. The molecule has 7 nitrogen and oxygen atoms in total. The summed E-state index contributed by atoms with van der Waals surface area (Å²) < 4.78 is 20.0. The SMILES string of the molecule is O=C(Cc1cnccn1)N1CCN(C(=O)c2ccc(F)c(OCCC3CCCCC3)c2)CC1. The number of benzene rings is 1. The summed E-state index contributed by atoms with van der Waals surface area (Å²) in [6, 6.07) is 4.30. The molecule has 1 aliphatic carbocycles. The number of rotatable bonds is 7. The third-order valence-corrected chi connectivity index (χ3v) is 6.56. The van der Waals surface area contributed by atoms with E-state index in [9.17, 15) is 14.0 Å². The molecule has 1 aromatic heterocycles. The molecule has 0 unspecified atom stereocenters. The van der Waals surface area contributed by atoms with Crippen LogP contribution in [0.15, 0.2) is 36.8 Å². The van der Waals surface area contributed by atoms with Crippen LogP contribution in [-0.2, 0) is 11.2 Å². The molecule has 2 fully saturated rings. The first-order chi connectivity index (χ1) is 16.1. The lowest BCUT2D eigenvalue weighted by molar-refractivity contribution is -0.132. The summed E-state index contributed by atoms with van der Waals surface area (Å²) >= 11 is 0. The van der Waals surface area contributed by atoms with Crippen molar-refractivity contribution in [2.75, 3.05) is 32.8 Å². The number of carbonyl (C=O) groups is 2. The van der Waals surface area contributed by atoms with Gasteiger partial charge in [-0.05, 0) is 30.5 Å². The standard InChI is InChI=1S/C25H31FN4O3/c26-22-7-6-20(16-23(22)33-15-8-19-4-2-1-3-5-19)25(32)30-13-11-29(12-14-30)24(31)17-21-18-27-9-10-28-21/h6-7,9-10,16,18-19H,1-5,8,11-15,17H2. The molecule has 176 valence electrons. The minimum absolute atomic E-state index is 0.0296. The van der Waals surface area contributed by atoms with Crippen molar-refractivity contribution in [2.24, 2.45) is 5.92 Å². The van der Waals surface area contributed by atoms with E-state index in [2.05, 4.69) is 9.97 Å². The number of nitrogens with zero attached hydrogens (tertiary/aromatic N) is 4. The molecule has 0 N–H and O–H groups in total. The van der Waals surface area contributed by atoms with Crippen molar-refractivity contribution in [1.29, 1.82) is 0 Å². The van der Waals surface area contributed by atoms with Gasteiger partial charge < -0.3 is 14.5 Å². The van der Waals surface area contributed by atoms with Crippen LogP contribution in [0, 0.1) is 11.7 Å². The minimum atomic E-state index is -0.449. The fourth-order valence-electron chi connectivity index (χ4n) is 4.59. The third kappa shape index (κ3) is 6.27. The van der Waals surface area contributed by atoms with E-state index in [4.69, 9.17) is 4.74 Å². The number of carbonyl (C=O) groups excluding carboxylic acids is 2. The lowest BCUT2D eigenvalue weighted by atomic mass is 9.87. The molecule has 1 saturated carbocycles. The van der Waals surface area contributed by atoms with Gasteiger partial charge in [0.2, 0.25) is 5.91 Å². The van der Waals surface area contributed by atoms with E-state index in [-0.39, 0.29) is 24.0 Å². The molecule has 2 aromatic rings. The van der Waals surface area contributed by atoms with Crippen molar-refractivity contribution in [3.05, 3.63) is 53.9 Å². The van der Waals surface area contributed by atoms with E-state index in [1.54, 1.807) is 28.4 Å². The lowest BCUT2D eigenvalue weighted by Crippen LogP contribution is -2.51. The number of aromatic nitrogens is 2. The Balaban J connectivity index is 1.28. The molecular weight excluding hydrogens is 423 g/mol. The smallest absolute Gasteiger partial charge is 0.254 e. The Labute approximate surface area is 194 Å². The van der Waals surface area contributed by atoms with Crippen molar-refractivity contribution in [2.45, 2.75) is 44.9 Å². The minimum Gasteiger partial charge on any atom is -0.490 e. The maximum atomic E-state index is 14.3. The van der Waals surface area contributed by atoms with E-state index in [1.165, 1.54) is 50.3 Å². The average molecular weight is 455 g/mol. The van der Waals surface area contributed by atoms with Gasteiger partial charge >= 0.3 is 0 Å². The largest absolute Gasteiger partial charge is 0.490 e. The second-order valence-corrected chi connectivity index (χ2v) is 8.83. The van der Waals surface area contributed by atoms with Gasteiger partial charge in [0.05, 0.1) is 18.7 Å². The molecule has 0 spiro atoms. The summed E-state index contributed by atoms with van der Waals surface area (Å²) in [6.07, 6.45) is 12.1. The highest BCUT2D eigenvalue weighted by atomic mass is 19.1. The fraction of sp³-hybridized carbons (Fsp3) is 0.520. The maximum absolute atomic E-state index is 14.3. The molecule has 2 heterocycles. The van der Waals surface area contributed by atoms with Gasteiger partial charge in [0.1, 0.15) is 0 Å². The fourth-order valence-corrected chi connectivity index (χ4v) is 4.59. The molecule has 33 heavy (non-hydrogen) atoms. The highest BCUT2D eigenvalue weighted by Crippen LogP contribution is 2.27. The van der Waals surface area contributed by atoms with E-state index >= 15 is 0 Å². The number of piperazine rings is 1. The highest BCUT2D eigenvalue weighted by molar-refractivity contribution is 5.94. The van der Waals surface area contributed by atoms with Crippen molar-refractivity contribution >= 4 is 11.8 Å². The Kier molecular flexibility index (Phi) is 7.86. The summed E-state index contributed by atoms with van der Waals surface area (Å²) in [4.78, 5) is 37.1. The molecule has 4 rings (SSSR count). The van der Waals surface area contributed by atoms with Gasteiger partial charge in [-0.3, -0.25) is 19.6 Å². The Morgan fingerprint density at radius 3 is 2.52 bits per heavy atom. The normalized spacial score (nSPS) is 17.1. The zero-order chi connectivity index (χ0) is 23.0. The molecule has 2 amide bonds. The van der Waals surface area contributed by atoms with Crippen LogP contribution < -0.4 is 4.74 Å². The maximum Gasteiger partial charge on any atom is 0.254 e. The summed E-state index contributed by atoms with van der Waals surface area (Å²) in [5.74, 6) is 0.134. The van der Waals surface area contributed by atoms with Crippen LogP contribution >= 0.6 is 0 Å². The zero-order valence-electron chi connectivity index (χ0n) is 18.9. The van der Waals surface area contributed by atoms with Crippen LogP contribution in [0.5, 0.6) is 5.75 Å². The van der Waals surface area contributed by atoms with Gasteiger partial charge in [-0.15, -0.1) is 0 Å². The molecular formula is C25H31FN4O3. The molecule has 1 aliphatic heterocycles. The van der Waals surface area contributed by atoms with Crippen LogP contribution in [0.1, 0.15) is 54.6 Å². The van der Waals surface area contributed by atoms with Crippen LogP contribution in [0.3, 0.4) is 0 Å². The summed E-state index contributed by atoms with van der Waals surface area (Å²) in [6.45, 7) is 2.24. The van der Waals surface area contributed by atoms with Crippen LogP contribution in [0.4, 0.5) is 4.39 Å². The van der Waals surface area contributed by atoms with Gasteiger partial charge in [0, 0.05) is 50.3 Å². The van der Waals surface area contributed by atoms with E-state index in [0.717, 1.165) is 6.42 Å². The first-order valence-electron chi connectivity index (χ1n) is 11.8. The van der Waals surface area contributed by atoms with E-state index in [1.807, 2.05) is 0 Å². The molecule has 0 bridgehead atoms. The molecule has 1 aromatic carbocycles. The van der Waals surface area contributed by atoms with Crippen LogP contribution in [0.25, 0.3) is 0 Å². The predicted molar refractivity (Wildman–Crippen MR) is 121 cm³/mol. The molecule has 8 heteroatoms. The second kappa shape index (κ2) is 11.2. The second-order valence-electron chi connectivity index (χ2n) is 8.83. The summed E-state index contributed by atoms with van der Waals surface area (Å²) in [5, 5.41) is 0. The van der Waals surface area contributed by atoms with Crippen LogP contribution in [-0.4, -0.2) is 64.4 Å². The number of hydrogen-bond acceptors (Lipinski definition) is 5. The first-order valence-corrected chi connectivity index (χ1v) is 11.8. The third-order valence-electron chi connectivity index (χ3n) is 6.56. The lowest BCUT2D eigenvalue weighted by Gasteiger charge is -2.34. The van der Waals surface area contributed by atoms with Gasteiger partial charge in [-0.2, -0.15) is 0 Å². The molecule has 2 aliphatic rings. The Morgan fingerprint density at radius 2 is 1.79 bits per heavy atom. The quantitative estimate of drug-likeness (QED) is 0.640. The van der Waals surface area contributed by atoms with Crippen molar-refractivity contribution in [3.8, 4) is 5.75 Å². The number of halogens is 1. The Hall–Kier alpha value is -3.03. The van der Waals surface area contributed by atoms with Crippen molar-refractivity contribution in [1.82, 2.24) is 19.8 Å². The summed E-state index contributed by atoms with van der Waals surface area (Å²) in [5.41, 5.74) is 1.03. The number of amides is 2. The Morgan fingerprint density at radius 1 is 1.03 bits per heavy atom. The predicted octanol–water partition coefficient (Wildman–Crippen LogP) is 3.49. The van der Waals surface area contributed by atoms with Gasteiger partial charge in [0.15, 0.2) is 11.6 Å². The highest BCUT2D eigenvalue weighted by Gasteiger charge is 2.26.